The molecule has 3 amide bonds. The molecule has 0 spiro atoms. The predicted octanol–water partition coefficient (Wildman–Crippen LogP) is 3.73. The van der Waals surface area contributed by atoms with Gasteiger partial charge in [0.2, 0.25) is 5.91 Å². The number of hydrogen-bond donors (Lipinski definition) is 2. The van der Waals surface area contributed by atoms with Crippen molar-refractivity contribution in [3.8, 4) is 0 Å². The molecule has 2 saturated heterocycles. The van der Waals surface area contributed by atoms with Gasteiger partial charge in [0.1, 0.15) is 6.04 Å². The molecule has 0 radical (unpaired) electrons. The van der Waals surface area contributed by atoms with Crippen LogP contribution in [-0.4, -0.2) is 71.7 Å². The molecular formula is C31H32F2N6O5S. The fraction of sp³-hybridized carbons (Fsp3) is 0.355. The Kier molecular flexibility index (Phi) is 8.16. The zero-order valence-corrected chi connectivity index (χ0v) is 25.3. The van der Waals surface area contributed by atoms with Gasteiger partial charge in [0.15, 0.2) is 27.1 Å². The van der Waals surface area contributed by atoms with E-state index in [2.05, 4.69) is 15.3 Å². The van der Waals surface area contributed by atoms with E-state index >= 15 is 0 Å². The molecule has 6 rings (SSSR count). The number of rotatable bonds is 5. The number of aromatic amines is 1. The number of hydrogen-bond acceptors (Lipinski definition) is 6. The van der Waals surface area contributed by atoms with Gasteiger partial charge in [-0.2, -0.15) is 0 Å². The van der Waals surface area contributed by atoms with Gasteiger partial charge in [-0.05, 0) is 73.7 Å². The van der Waals surface area contributed by atoms with Crippen molar-refractivity contribution in [3.05, 3.63) is 88.5 Å². The number of aromatic nitrogens is 3. The minimum absolute atomic E-state index is 0.00340. The number of piperidine rings is 1. The molecule has 4 heterocycles. The number of nitrogens with one attached hydrogen (secondary N) is 2. The van der Waals surface area contributed by atoms with Crippen LogP contribution in [0.2, 0.25) is 0 Å². The summed E-state index contributed by atoms with van der Waals surface area (Å²) >= 11 is 0. The molecule has 2 fully saturated rings. The molecule has 0 bridgehead atoms. The van der Waals surface area contributed by atoms with Gasteiger partial charge in [-0.25, -0.2) is 31.8 Å². The summed E-state index contributed by atoms with van der Waals surface area (Å²) in [6.07, 6.45) is 4.19. The molecule has 45 heavy (non-hydrogen) atoms. The standard InChI is InChI=1S/C31H32F2N6O5S/c1-45(43,44)22-10-8-20(9-11-22)38-18-19(23-4-2-5-24(32)27(23)33)7-12-25(29(38)40)35-30(41)37-16-13-21(14-17-37)39-26-6-3-15-34-28(26)36-31(39)42/h2-6,8-11,15,19,21,25H,7,12-14,16-18H2,1H3,(H,35,41)(H,34,36,42). The number of H-pyrrole nitrogens is 1. The van der Waals surface area contributed by atoms with E-state index in [4.69, 9.17) is 0 Å². The summed E-state index contributed by atoms with van der Waals surface area (Å²) in [5.74, 6) is -3.01. The summed E-state index contributed by atoms with van der Waals surface area (Å²) in [4.78, 5) is 50.0. The number of pyridine rings is 1. The summed E-state index contributed by atoms with van der Waals surface area (Å²) in [5, 5.41) is 2.85. The summed E-state index contributed by atoms with van der Waals surface area (Å²) in [6.45, 7) is 0.707. The van der Waals surface area contributed by atoms with Gasteiger partial charge in [-0.15, -0.1) is 0 Å². The Hall–Kier alpha value is -4.59. The van der Waals surface area contributed by atoms with Gasteiger partial charge >= 0.3 is 11.7 Å². The van der Waals surface area contributed by atoms with E-state index in [0.29, 0.717) is 42.8 Å². The number of fused-ring (bicyclic) bond motifs is 1. The maximum atomic E-state index is 14.9. The molecule has 2 unspecified atom stereocenters. The average Bonchev–Trinajstić information content (AvgIpc) is 3.28. The van der Waals surface area contributed by atoms with Crippen LogP contribution in [0.15, 0.2) is 70.5 Å². The number of imidazole rings is 1. The number of urea groups is 1. The Morgan fingerprint density at radius 3 is 2.42 bits per heavy atom. The van der Waals surface area contributed by atoms with E-state index in [1.165, 1.54) is 41.3 Å². The zero-order chi connectivity index (χ0) is 31.9. The molecule has 4 aromatic rings. The number of likely N-dealkylation sites (tertiary alicyclic amines) is 1. The lowest BCUT2D eigenvalue weighted by molar-refractivity contribution is -0.120. The average molecular weight is 639 g/mol. The van der Waals surface area contributed by atoms with Gasteiger partial charge in [-0.1, -0.05) is 12.1 Å². The van der Waals surface area contributed by atoms with Gasteiger partial charge in [0, 0.05) is 49.7 Å². The highest BCUT2D eigenvalue weighted by molar-refractivity contribution is 7.90. The van der Waals surface area contributed by atoms with Crippen LogP contribution in [0.25, 0.3) is 11.2 Å². The van der Waals surface area contributed by atoms with Crippen LogP contribution in [0.4, 0.5) is 19.3 Å². The number of anilines is 1. The second-order valence-corrected chi connectivity index (χ2v) is 13.5. The normalized spacial score (nSPS) is 19.9. The maximum absolute atomic E-state index is 14.9. The summed E-state index contributed by atoms with van der Waals surface area (Å²) in [7, 11) is -3.49. The van der Waals surface area contributed by atoms with Crippen LogP contribution in [0.3, 0.4) is 0 Å². The molecule has 0 aliphatic carbocycles. The molecule has 11 nitrogen and oxygen atoms in total. The van der Waals surface area contributed by atoms with Gasteiger partial charge in [-0.3, -0.25) is 14.3 Å². The van der Waals surface area contributed by atoms with E-state index in [1.54, 1.807) is 21.7 Å². The van der Waals surface area contributed by atoms with Crippen LogP contribution < -0.4 is 15.9 Å². The van der Waals surface area contributed by atoms with Crippen LogP contribution in [0.1, 0.15) is 43.2 Å². The first-order valence-electron chi connectivity index (χ1n) is 14.7. The van der Waals surface area contributed by atoms with E-state index in [0.717, 1.165) is 12.3 Å². The molecule has 14 heteroatoms. The zero-order valence-electron chi connectivity index (χ0n) is 24.4. The lowest BCUT2D eigenvalue weighted by atomic mass is 9.93. The monoisotopic (exact) mass is 638 g/mol. The Labute approximate surface area is 257 Å². The van der Waals surface area contributed by atoms with Crippen molar-refractivity contribution in [3.63, 3.8) is 0 Å². The smallest absolute Gasteiger partial charge is 0.326 e. The van der Waals surface area contributed by atoms with E-state index < -0.39 is 45.4 Å². The molecule has 2 aromatic carbocycles. The van der Waals surface area contributed by atoms with Crippen molar-refractivity contribution in [1.82, 2.24) is 24.8 Å². The van der Waals surface area contributed by atoms with Gasteiger partial charge in [0.25, 0.3) is 0 Å². The number of halogens is 2. The van der Waals surface area contributed by atoms with Crippen LogP contribution in [-0.2, 0) is 14.6 Å². The highest BCUT2D eigenvalue weighted by Crippen LogP contribution is 2.33. The fourth-order valence-corrected chi connectivity index (χ4v) is 6.93. The van der Waals surface area contributed by atoms with Crippen molar-refractivity contribution < 1.29 is 26.8 Å². The third-order valence-corrected chi connectivity index (χ3v) is 9.80. The molecule has 2 N–H and O–H groups in total. The first-order valence-corrected chi connectivity index (χ1v) is 16.6. The number of carbonyl (C=O) groups excluding carboxylic acids is 2. The molecule has 236 valence electrons. The third kappa shape index (κ3) is 6.06. The Balaban J connectivity index is 1.20. The Morgan fingerprint density at radius 2 is 1.71 bits per heavy atom. The lowest BCUT2D eigenvalue weighted by Gasteiger charge is -2.34. The Bertz CT molecular complexity index is 1920. The minimum atomic E-state index is -3.49. The topological polar surface area (TPSA) is 137 Å². The fourth-order valence-electron chi connectivity index (χ4n) is 6.30. The van der Waals surface area contributed by atoms with Crippen LogP contribution in [0.5, 0.6) is 0 Å². The molecular weight excluding hydrogens is 606 g/mol. The molecule has 2 aromatic heterocycles. The highest BCUT2D eigenvalue weighted by Gasteiger charge is 2.36. The largest absolute Gasteiger partial charge is 0.327 e. The SMILES string of the molecule is CS(=O)(=O)c1ccc(N2CC(c3cccc(F)c3F)CCC(NC(=O)N3CCC(n4c(=O)[nH]c5ncccc54)CC3)C2=O)cc1. The Morgan fingerprint density at radius 1 is 0.978 bits per heavy atom. The summed E-state index contributed by atoms with van der Waals surface area (Å²) in [6, 6.07) is 11.7. The molecule has 2 atom stereocenters. The quantitative estimate of drug-likeness (QED) is 0.342. The van der Waals surface area contributed by atoms with Crippen LogP contribution >= 0.6 is 0 Å². The van der Waals surface area contributed by atoms with Crippen LogP contribution in [0, 0.1) is 11.6 Å². The maximum Gasteiger partial charge on any atom is 0.327 e. The van der Waals surface area contributed by atoms with E-state index in [1.807, 2.05) is 6.07 Å². The number of amides is 3. The predicted molar refractivity (Wildman–Crippen MR) is 163 cm³/mol. The van der Waals surface area contributed by atoms with Crippen molar-refractivity contribution in [2.24, 2.45) is 0 Å². The highest BCUT2D eigenvalue weighted by atomic mass is 32.2. The number of carbonyl (C=O) groups is 2. The van der Waals surface area contributed by atoms with Crippen molar-refractivity contribution in [1.29, 1.82) is 0 Å². The molecule has 0 saturated carbocycles. The summed E-state index contributed by atoms with van der Waals surface area (Å²) in [5.41, 5.74) is 1.43. The van der Waals surface area contributed by atoms with Crippen molar-refractivity contribution in [2.45, 2.75) is 48.6 Å². The number of sulfone groups is 1. The first kappa shape index (κ1) is 30.4. The number of nitrogens with zero attached hydrogens (tertiary/aromatic N) is 4. The van der Waals surface area contributed by atoms with Crippen molar-refractivity contribution in [2.75, 3.05) is 30.8 Å². The van der Waals surface area contributed by atoms with Crippen molar-refractivity contribution >= 4 is 38.6 Å². The van der Waals surface area contributed by atoms with E-state index in [-0.39, 0.29) is 41.6 Å². The van der Waals surface area contributed by atoms with Gasteiger partial charge in [0.05, 0.1) is 10.4 Å². The molecule has 2 aliphatic heterocycles. The second kappa shape index (κ2) is 12.1. The number of benzene rings is 2. The van der Waals surface area contributed by atoms with Gasteiger partial charge < -0.3 is 15.1 Å². The third-order valence-electron chi connectivity index (χ3n) is 8.67. The molecule has 2 aliphatic rings. The second-order valence-electron chi connectivity index (χ2n) is 11.5. The lowest BCUT2D eigenvalue weighted by Crippen LogP contribution is -2.53. The van der Waals surface area contributed by atoms with E-state index in [9.17, 15) is 31.6 Å². The minimum Gasteiger partial charge on any atom is -0.326 e. The summed E-state index contributed by atoms with van der Waals surface area (Å²) < 4.78 is 54.7. The first-order chi connectivity index (χ1) is 21.5.